The highest BCUT2D eigenvalue weighted by Crippen LogP contribution is 2.29. The first-order chi connectivity index (χ1) is 12.3. The molecule has 0 amide bonds. The fourth-order valence-electron chi connectivity index (χ4n) is 1.52. The minimum absolute atomic E-state index is 0.155. The van der Waals surface area contributed by atoms with Gasteiger partial charge in [0.1, 0.15) is 5.82 Å². The molecule has 0 unspecified atom stereocenters. The topological polar surface area (TPSA) is 0 Å². The number of alkyl halides is 3. The lowest BCUT2D eigenvalue weighted by atomic mass is 10.1. The molecule has 0 saturated heterocycles. The molecule has 2 rings (SSSR count). The Labute approximate surface area is 167 Å². The van der Waals surface area contributed by atoms with Crippen LogP contribution in [-0.2, 0) is 0 Å². The molecule has 0 atom stereocenters. The highest BCUT2D eigenvalue weighted by atomic mass is 127. The summed E-state index contributed by atoms with van der Waals surface area (Å²) >= 11 is 2.32. The van der Waals surface area contributed by atoms with Gasteiger partial charge in [-0.1, -0.05) is 12.1 Å². The number of hydrogen-bond acceptors (Lipinski definition) is 0. The predicted octanol–water partition coefficient (Wildman–Crippen LogP) is 7.98. The minimum Gasteiger partial charge on any atom is -0.207 e. The monoisotopic (exact) mass is 506 g/mol. The van der Waals surface area contributed by atoms with Gasteiger partial charge in [0.15, 0.2) is 0 Å². The summed E-state index contributed by atoms with van der Waals surface area (Å²) in [6, 6.07) is 11.3. The van der Waals surface area contributed by atoms with Crippen molar-refractivity contribution in [2.75, 3.05) is 0 Å². The zero-order chi connectivity index (χ0) is 21.4. The van der Waals surface area contributed by atoms with Gasteiger partial charge < -0.3 is 0 Å². The van der Waals surface area contributed by atoms with Crippen molar-refractivity contribution in [3.8, 4) is 0 Å². The summed E-state index contributed by atoms with van der Waals surface area (Å²) in [6.45, 7) is 8.14. The second kappa shape index (κ2) is 11.3. The summed E-state index contributed by atoms with van der Waals surface area (Å²) in [7, 11) is 0. The van der Waals surface area contributed by atoms with Crippen LogP contribution in [0.25, 0.3) is 0 Å². The van der Waals surface area contributed by atoms with E-state index in [-0.39, 0.29) is 5.82 Å². The van der Waals surface area contributed by atoms with Crippen molar-refractivity contribution < 1.29 is 30.7 Å². The lowest BCUT2D eigenvalue weighted by Gasteiger charge is -1.98. The van der Waals surface area contributed by atoms with Crippen molar-refractivity contribution in [3.05, 3.63) is 79.9 Å². The van der Waals surface area contributed by atoms with Gasteiger partial charge in [0.05, 0.1) is 0 Å². The molecule has 0 N–H and O–H groups in total. The van der Waals surface area contributed by atoms with E-state index < -0.39 is 18.1 Å². The Hall–Kier alpha value is -1.58. The van der Waals surface area contributed by atoms with Crippen molar-refractivity contribution in [1.29, 1.82) is 0 Å². The second-order valence-corrected chi connectivity index (χ2v) is 6.77. The maximum absolute atomic E-state index is 12.3. The predicted molar refractivity (Wildman–Crippen MR) is 101 cm³/mol. The Bertz CT molecular complexity index is 727. The average molecular weight is 506 g/mol. The van der Waals surface area contributed by atoms with Gasteiger partial charge in [-0.3, -0.25) is 0 Å². The van der Waals surface area contributed by atoms with Gasteiger partial charge in [-0.2, -0.15) is 26.3 Å². The highest BCUT2D eigenvalue weighted by Gasteiger charge is 2.38. The summed E-state index contributed by atoms with van der Waals surface area (Å²) in [6.07, 6.45) is -8.90. The quantitative estimate of drug-likeness (QED) is 0.251. The third-order valence-corrected chi connectivity index (χ3v) is 4.02. The largest absolute Gasteiger partial charge is 0.448 e. The molecule has 0 aromatic heterocycles. The third kappa shape index (κ3) is 10.4. The maximum atomic E-state index is 12.3. The van der Waals surface area contributed by atoms with Gasteiger partial charge in [-0.25, -0.2) is 4.39 Å². The summed E-state index contributed by atoms with van der Waals surface area (Å²) in [4.78, 5) is 0. The molecule has 0 heterocycles. The van der Waals surface area contributed by atoms with Crippen LogP contribution in [0.2, 0.25) is 0 Å². The number of aryl methyl sites for hydroxylation is 4. The fraction of sp³-hybridized carbons (Fsp3) is 0.263. The van der Waals surface area contributed by atoms with Crippen molar-refractivity contribution in [1.82, 2.24) is 0 Å². The molecular weight excluding hydrogens is 488 g/mol. The molecule has 150 valence electrons. The van der Waals surface area contributed by atoms with Crippen LogP contribution in [0.1, 0.15) is 22.3 Å². The van der Waals surface area contributed by atoms with Crippen molar-refractivity contribution in [2.45, 2.75) is 33.9 Å². The van der Waals surface area contributed by atoms with Gasteiger partial charge in [0.2, 0.25) is 0 Å². The number of benzene rings is 2. The van der Waals surface area contributed by atoms with E-state index in [1.165, 1.54) is 26.8 Å². The SMILES string of the molecule is Cc1ccc(F)cc1C.Cc1ccc(I)cc1C.FC(F)=C(F)C(F)(F)F. The van der Waals surface area contributed by atoms with Gasteiger partial charge >= 0.3 is 12.3 Å². The lowest BCUT2D eigenvalue weighted by molar-refractivity contribution is -0.113. The molecule has 0 nitrogen and oxygen atoms in total. The molecule has 0 aliphatic carbocycles. The minimum atomic E-state index is -5.56. The number of halogens is 8. The second-order valence-electron chi connectivity index (χ2n) is 5.53. The first kappa shape index (κ1) is 25.4. The molecule has 0 aliphatic heterocycles. The van der Waals surface area contributed by atoms with E-state index in [2.05, 4.69) is 54.6 Å². The van der Waals surface area contributed by atoms with Crippen LogP contribution >= 0.6 is 22.6 Å². The molecule has 0 bridgehead atoms. The van der Waals surface area contributed by atoms with Crippen molar-refractivity contribution in [3.63, 3.8) is 0 Å². The molecule has 0 radical (unpaired) electrons. The summed E-state index contributed by atoms with van der Waals surface area (Å²) < 4.78 is 78.5. The van der Waals surface area contributed by atoms with E-state index in [4.69, 9.17) is 0 Å². The van der Waals surface area contributed by atoms with Crippen molar-refractivity contribution >= 4 is 22.6 Å². The summed E-state index contributed by atoms with van der Waals surface area (Å²) in [5.41, 5.74) is 4.89. The van der Waals surface area contributed by atoms with Gasteiger partial charge in [0, 0.05) is 3.57 Å². The van der Waals surface area contributed by atoms with Crippen LogP contribution in [0.5, 0.6) is 0 Å². The zero-order valence-corrected chi connectivity index (χ0v) is 17.1. The van der Waals surface area contributed by atoms with Crippen LogP contribution in [-0.4, -0.2) is 6.18 Å². The molecule has 2 aromatic rings. The molecule has 0 fully saturated rings. The van der Waals surface area contributed by atoms with E-state index in [9.17, 15) is 30.7 Å². The number of allylic oxidation sites excluding steroid dienone is 1. The average Bonchev–Trinajstić information content (AvgIpc) is 2.54. The Morgan fingerprint density at radius 2 is 1.19 bits per heavy atom. The molecule has 0 spiro atoms. The van der Waals surface area contributed by atoms with E-state index >= 15 is 0 Å². The standard InChI is InChI=1S/C8H9F.C8H9I.C3F6/c2*1-6-3-4-8(9)5-7(6)2;4-1(2(5)6)3(7,8)9/h2*3-5H,1-2H3;. The third-order valence-electron chi connectivity index (χ3n) is 3.35. The van der Waals surface area contributed by atoms with Gasteiger partial charge in [-0.05, 0) is 96.8 Å². The molecular formula is C19H18F7I. The van der Waals surface area contributed by atoms with E-state index in [0.29, 0.717) is 0 Å². The maximum Gasteiger partial charge on any atom is 0.448 e. The van der Waals surface area contributed by atoms with Crippen LogP contribution in [0, 0.1) is 37.1 Å². The van der Waals surface area contributed by atoms with Crippen LogP contribution in [0.4, 0.5) is 30.7 Å². The lowest BCUT2D eigenvalue weighted by Crippen LogP contribution is -2.08. The molecule has 2 aromatic carbocycles. The first-order valence-corrected chi connectivity index (χ1v) is 8.57. The summed E-state index contributed by atoms with van der Waals surface area (Å²) in [5.74, 6) is -3.49. The van der Waals surface area contributed by atoms with E-state index in [0.717, 1.165) is 11.1 Å². The Balaban J connectivity index is 0.000000376. The van der Waals surface area contributed by atoms with Gasteiger partial charge in [0.25, 0.3) is 5.83 Å². The smallest absolute Gasteiger partial charge is 0.207 e. The summed E-state index contributed by atoms with van der Waals surface area (Å²) in [5, 5.41) is 0. The Morgan fingerprint density at radius 1 is 0.741 bits per heavy atom. The highest BCUT2D eigenvalue weighted by molar-refractivity contribution is 14.1. The van der Waals surface area contributed by atoms with E-state index in [1.807, 2.05) is 13.8 Å². The van der Waals surface area contributed by atoms with Crippen LogP contribution < -0.4 is 0 Å². The van der Waals surface area contributed by atoms with Crippen LogP contribution in [0.15, 0.2) is 48.3 Å². The number of hydrogen-bond donors (Lipinski definition) is 0. The Morgan fingerprint density at radius 3 is 1.44 bits per heavy atom. The normalized spacial score (nSPS) is 10.2. The molecule has 27 heavy (non-hydrogen) atoms. The number of rotatable bonds is 0. The Kier molecular flexibility index (Phi) is 10.6. The van der Waals surface area contributed by atoms with Crippen LogP contribution in [0.3, 0.4) is 0 Å². The first-order valence-electron chi connectivity index (χ1n) is 7.49. The molecule has 8 heteroatoms. The van der Waals surface area contributed by atoms with Gasteiger partial charge in [-0.15, -0.1) is 0 Å². The van der Waals surface area contributed by atoms with Crippen molar-refractivity contribution in [2.24, 2.45) is 0 Å². The zero-order valence-electron chi connectivity index (χ0n) is 15.0. The molecule has 0 saturated carbocycles. The van der Waals surface area contributed by atoms with E-state index in [1.54, 1.807) is 6.07 Å². The molecule has 0 aliphatic rings. The fourth-order valence-corrected chi connectivity index (χ4v) is 2.16.